The molecule has 1 rings (SSSR count). The maximum atomic E-state index is 7.85. The molecule has 18 heavy (non-hydrogen) atoms. The van der Waals surface area contributed by atoms with E-state index in [0.29, 0.717) is 17.7 Å². The van der Waals surface area contributed by atoms with E-state index < -0.39 is 0 Å². The predicted octanol–water partition coefficient (Wildman–Crippen LogP) is 3.35. The van der Waals surface area contributed by atoms with E-state index in [2.05, 4.69) is 4.98 Å². The Hall–Kier alpha value is -1.81. The molecule has 0 aromatic carbocycles. The van der Waals surface area contributed by atoms with Crippen molar-refractivity contribution in [3.63, 3.8) is 0 Å². The van der Waals surface area contributed by atoms with E-state index in [-0.39, 0.29) is 16.8 Å². The summed E-state index contributed by atoms with van der Waals surface area (Å²) in [6.45, 7) is 1.87. The van der Waals surface area contributed by atoms with Crippen molar-refractivity contribution in [2.75, 3.05) is 0 Å². The fraction of sp³-hybridized carbons (Fsp3) is 0.231. The molecule has 94 valence electrons. The second-order valence-corrected chi connectivity index (χ2v) is 4.24. The van der Waals surface area contributed by atoms with Gasteiger partial charge in [-0.2, -0.15) is 0 Å². The van der Waals surface area contributed by atoms with Gasteiger partial charge in [-0.3, -0.25) is 0 Å². The van der Waals surface area contributed by atoms with Crippen LogP contribution in [0.1, 0.15) is 18.9 Å². The van der Waals surface area contributed by atoms with Gasteiger partial charge in [-0.05, 0) is 36.9 Å². The first kappa shape index (κ1) is 14.3. The summed E-state index contributed by atoms with van der Waals surface area (Å²) in [5.74, 6) is -0.0177. The first-order valence-electron chi connectivity index (χ1n) is 5.51. The van der Waals surface area contributed by atoms with Crippen molar-refractivity contribution in [2.24, 2.45) is 5.92 Å². The van der Waals surface area contributed by atoms with Gasteiger partial charge >= 0.3 is 0 Å². The van der Waals surface area contributed by atoms with Gasteiger partial charge in [0.2, 0.25) is 0 Å². The molecule has 0 spiro atoms. The van der Waals surface area contributed by atoms with Crippen molar-refractivity contribution in [1.82, 2.24) is 4.98 Å². The SMILES string of the molecule is CC(CC=N)C(=N)/C=C\C(=N)c1cccnc1Cl. The van der Waals surface area contributed by atoms with Crippen LogP contribution in [0.3, 0.4) is 0 Å². The van der Waals surface area contributed by atoms with Crippen molar-refractivity contribution in [3.8, 4) is 0 Å². The van der Waals surface area contributed by atoms with Crippen LogP contribution >= 0.6 is 11.6 Å². The molecule has 1 aromatic heterocycles. The first-order valence-corrected chi connectivity index (χ1v) is 5.89. The van der Waals surface area contributed by atoms with Gasteiger partial charge in [-0.25, -0.2) is 4.98 Å². The smallest absolute Gasteiger partial charge is 0.138 e. The number of rotatable bonds is 6. The Morgan fingerprint density at radius 3 is 2.78 bits per heavy atom. The van der Waals surface area contributed by atoms with Crippen LogP contribution in [0.5, 0.6) is 0 Å². The molecule has 0 fully saturated rings. The molecule has 3 N–H and O–H groups in total. The molecular formula is C13H15ClN4. The molecule has 0 aliphatic carbocycles. The number of aromatic nitrogens is 1. The molecule has 0 saturated carbocycles. The fourth-order valence-electron chi connectivity index (χ4n) is 1.32. The first-order chi connectivity index (χ1) is 8.56. The van der Waals surface area contributed by atoms with Crippen LogP contribution in [0.2, 0.25) is 5.15 Å². The average molecular weight is 263 g/mol. The van der Waals surface area contributed by atoms with Crippen molar-refractivity contribution in [1.29, 1.82) is 16.2 Å². The summed E-state index contributed by atoms with van der Waals surface area (Å²) in [5, 5.41) is 22.9. The zero-order valence-corrected chi connectivity index (χ0v) is 10.8. The lowest BCUT2D eigenvalue weighted by molar-refractivity contribution is 0.822. The molecule has 0 aliphatic heterocycles. The van der Waals surface area contributed by atoms with Crippen molar-refractivity contribution < 1.29 is 0 Å². The zero-order valence-electron chi connectivity index (χ0n) is 10.1. The van der Waals surface area contributed by atoms with E-state index in [1.54, 1.807) is 24.4 Å². The topological polar surface area (TPSA) is 84.4 Å². The number of allylic oxidation sites excluding steroid dienone is 2. The van der Waals surface area contributed by atoms with Gasteiger partial charge in [0.05, 0.1) is 5.71 Å². The Morgan fingerprint density at radius 1 is 1.44 bits per heavy atom. The average Bonchev–Trinajstić information content (AvgIpc) is 2.36. The molecule has 1 heterocycles. The minimum atomic E-state index is -0.0177. The Balaban J connectivity index is 2.74. The Labute approximate surface area is 111 Å². The van der Waals surface area contributed by atoms with Gasteiger partial charge in [0.1, 0.15) is 5.15 Å². The third-order valence-corrected chi connectivity index (χ3v) is 2.78. The molecule has 0 saturated heterocycles. The molecule has 1 unspecified atom stereocenters. The summed E-state index contributed by atoms with van der Waals surface area (Å²) in [7, 11) is 0. The van der Waals surface area contributed by atoms with Crippen LogP contribution in [0.15, 0.2) is 30.5 Å². The summed E-state index contributed by atoms with van der Waals surface area (Å²) >= 11 is 5.88. The van der Waals surface area contributed by atoms with Crippen LogP contribution in [0.4, 0.5) is 0 Å². The predicted molar refractivity (Wildman–Crippen MR) is 75.5 cm³/mol. The maximum Gasteiger partial charge on any atom is 0.138 e. The number of halogens is 1. The Morgan fingerprint density at radius 2 is 2.17 bits per heavy atom. The van der Waals surface area contributed by atoms with Crippen LogP contribution in [-0.2, 0) is 0 Å². The van der Waals surface area contributed by atoms with E-state index in [1.165, 1.54) is 12.3 Å². The number of pyridine rings is 1. The van der Waals surface area contributed by atoms with Gasteiger partial charge < -0.3 is 16.2 Å². The largest absolute Gasteiger partial charge is 0.313 e. The van der Waals surface area contributed by atoms with E-state index in [1.807, 2.05) is 6.92 Å². The van der Waals surface area contributed by atoms with Crippen LogP contribution < -0.4 is 0 Å². The molecule has 4 nitrogen and oxygen atoms in total. The van der Waals surface area contributed by atoms with Gasteiger partial charge in [0.25, 0.3) is 0 Å². The molecule has 1 aromatic rings. The lowest BCUT2D eigenvalue weighted by Gasteiger charge is -2.06. The van der Waals surface area contributed by atoms with Crippen LogP contribution in [0.25, 0.3) is 0 Å². The summed E-state index contributed by atoms with van der Waals surface area (Å²) in [5.41, 5.74) is 1.16. The Kier molecular flexibility index (Phi) is 5.39. The molecular weight excluding hydrogens is 248 g/mol. The second-order valence-electron chi connectivity index (χ2n) is 3.88. The minimum absolute atomic E-state index is 0.0177. The van der Waals surface area contributed by atoms with Gasteiger partial charge in [0, 0.05) is 23.4 Å². The highest BCUT2D eigenvalue weighted by atomic mass is 35.5. The molecule has 5 heteroatoms. The zero-order chi connectivity index (χ0) is 13.5. The maximum absolute atomic E-state index is 7.85. The van der Waals surface area contributed by atoms with Crippen LogP contribution in [0, 0.1) is 22.1 Å². The number of hydrogen-bond acceptors (Lipinski definition) is 4. The van der Waals surface area contributed by atoms with E-state index in [0.717, 1.165) is 0 Å². The van der Waals surface area contributed by atoms with E-state index in [9.17, 15) is 0 Å². The molecule has 0 bridgehead atoms. The third kappa shape index (κ3) is 3.89. The highest BCUT2D eigenvalue weighted by Crippen LogP contribution is 2.13. The van der Waals surface area contributed by atoms with E-state index >= 15 is 0 Å². The lowest BCUT2D eigenvalue weighted by atomic mass is 10.0. The van der Waals surface area contributed by atoms with Gasteiger partial charge in [0.15, 0.2) is 0 Å². The fourth-order valence-corrected chi connectivity index (χ4v) is 1.54. The quantitative estimate of drug-likeness (QED) is 0.533. The van der Waals surface area contributed by atoms with Crippen LogP contribution in [-0.4, -0.2) is 22.6 Å². The van der Waals surface area contributed by atoms with Gasteiger partial charge in [-0.1, -0.05) is 18.5 Å². The summed E-state index contributed by atoms with van der Waals surface area (Å²) in [4.78, 5) is 3.90. The number of nitrogens with one attached hydrogen (secondary N) is 3. The second kappa shape index (κ2) is 6.81. The summed E-state index contributed by atoms with van der Waals surface area (Å²) in [6.07, 6.45) is 6.49. The van der Waals surface area contributed by atoms with Crippen molar-refractivity contribution in [3.05, 3.63) is 41.2 Å². The van der Waals surface area contributed by atoms with E-state index in [4.69, 9.17) is 27.8 Å². The number of nitrogens with zero attached hydrogens (tertiary/aromatic N) is 1. The standard InChI is InChI=1S/C13H15ClN4/c1-9(6-7-15)11(16)4-5-12(17)10-3-2-8-18-13(10)14/h2-5,7-9,15-17H,6H2,1H3/b5-4-,15-7?,16-11?,17-12?. The molecule has 0 aliphatic rings. The highest BCUT2D eigenvalue weighted by molar-refractivity contribution is 6.33. The monoisotopic (exact) mass is 262 g/mol. The van der Waals surface area contributed by atoms with Crippen molar-refractivity contribution >= 4 is 29.2 Å². The lowest BCUT2D eigenvalue weighted by Crippen LogP contribution is -2.08. The summed E-state index contributed by atoms with van der Waals surface area (Å²) < 4.78 is 0. The third-order valence-electron chi connectivity index (χ3n) is 2.48. The number of hydrogen-bond donors (Lipinski definition) is 3. The highest BCUT2D eigenvalue weighted by Gasteiger charge is 2.06. The van der Waals surface area contributed by atoms with Crippen molar-refractivity contribution in [2.45, 2.75) is 13.3 Å². The molecule has 0 amide bonds. The molecule has 0 radical (unpaired) electrons. The Bertz CT molecular complexity index is 494. The summed E-state index contributed by atoms with van der Waals surface area (Å²) in [6, 6.07) is 3.43. The van der Waals surface area contributed by atoms with Gasteiger partial charge in [-0.15, -0.1) is 0 Å². The minimum Gasteiger partial charge on any atom is -0.313 e. The normalized spacial score (nSPS) is 12.3. The molecule has 1 atom stereocenters.